The highest BCUT2D eigenvalue weighted by Gasteiger charge is 2.14. The van der Waals surface area contributed by atoms with Crippen LogP contribution >= 0.6 is 0 Å². The number of hydrogen-bond donors (Lipinski definition) is 2. The van der Waals surface area contributed by atoms with Gasteiger partial charge in [-0.3, -0.25) is 9.69 Å². The maximum absolute atomic E-state index is 11.3. The van der Waals surface area contributed by atoms with Crippen molar-refractivity contribution in [3.05, 3.63) is 42.0 Å². The second kappa shape index (κ2) is 6.85. The maximum Gasteiger partial charge on any atom is 0.231 e. The number of hydrogen-bond acceptors (Lipinski definition) is 5. The van der Waals surface area contributed by atoms with Gasteiger partial charge in [0, 0.05) is 18.8 Å². The molecule has 1 heterocycles. The van der Waals surface area contributed by atoms with Gasteiger partial charge in [-0.15, -0.1) is 0 Å². The molecule has 4 N–H and O–H groups in total. The normalized spacial score (nSPS) is 11.0. The summed E-state index contributed by atoms with van der Waals surface area (Å²) in [6.07, 6.45) is 1.51. The van der Waals surface area contributed by atoms with E-state index in [4.69, 9.17) is 11.5 Å². The SMILES string of the molecule is CCn1ncnc1CN(CC(N)=O)Cc1ccccc1N. The summed E-state index contributed by atoms with van der Waals surface area (Å²) in [7, 11) is 0. The van der Waals surface area contributed by atoms with Crippen molar-refractivity contribution < 1.29 is 4.79 Å². The van der Waals surface area contributed by atoms with Gasteiger partial charge in [0.2, 0.25) is 5.91 Å². The Morgan fingerprint density at radius 2 is 2.10 bits per heavy atom. The van der Waals surface area contributed by atoms with E-state index in [1.807, 2.05) is 36.1 Å². The number of benzene rings is 1. The van der Waals surface area contributed by atoms with E-state index in [-0.39, 0.29) is 12.5 Å². The first-order valence-electron chi connectivity index (χ1n) is 6.81. The van der Waals surface area contributed by atoms with E-state index in [2.05, 4.69) is 10.1 Å². The molecule has 0 fully saturated rings. The van der Waals surface area contributed by atoms with Gasteiger partial charge in [-0.1, -0.05) is 18.2 Å². The molecular formula is C14H20N6O. The summed E-state index contributed by atoms with van der Waals surface area (Å²) in [6, 6.07) is 7.58. The first kappa shape index (κ1) is 15.0. The Hall–Kier alpha value is -2.41. The van der Waals surface area contributed by atoms with Crippen LogP contribution < -0.4 is 11.5 Å². The van der Waals surface area contributed by atoms with Crippen molar-refractivity contribution in [2.75, 3.05) is 12.3 Å². The van der Waals surface area contributed by atoms with Crippen LogP contribution in [0.1, 0.15) is 18.3 Å². The molecule has 0 aliphatic rings. The minimum atomic E-state index is -0.382. The van der Waals surface area contributed by atoms with E-state index >= 15 is 0 Å². The number of aromatic nitrogens is 3. The molecule has 7 heteroatoms. The van der Waals surface area contributed by atoms with Gasteiger partial charge in [0.05, 0.1) is 13.1 Å². The fourth-order valence-corrected chi connectivity index (χ4v) is 2.18. The molecule has 0 aliphatic carbocycles. The number of primary amides is 1. The van der Waals surface area contributed by atoms with Crippen LogP contribution in [0, 0.1) is 0 Å². The third-order valence-corrected chi connectivity index (χ3v) is 3.19. The van der Waals surface area contributed by atoms with Crippen LogP contribution in [0.4, 0.5) is 5.69 Å². The van der Waals surface area contributed by atoms with Gasteiger partial charge in [0.15, 0.2) is 0 Å². The fourth-order valence-electron chi connectivity index (χ4n) is 2.18. The van der Waals surface area contributed by atoms with E-state index in [1.54, 1.807) is 4.68 Å². The quantitative estimate of drug-likeness (QED) is 0.716. The first-order valence-corrected chi connectivity index (χ1v) is 6.81. The zero-order chi connectivity index (χ0) is 15.2. The van der Waals surface area contributed by atoms with Crippen LogP contribution in [-0.2, 0) is 24.4 Å². The van der Waals surface area contributed by atoms with E-state index in [1.165, 1.54) is 6.33 Å². The van der Waals surface area contributed by atoms with E-state index in [0.717, 1.165) is 17.9 Å². The molecule has 7 nitrogen and oxygen atoms in total. The second-order valence-corrected chi connectivity index (χ2v) is 4.80. The molecule has 0 atom stereocenters. The lowest BCUT2D eigenvalue weighted by molar-refractivity contribution is -0.119. The third kappa shape index (κ3) is 4.03. The lowest BCUT2D eigenvalue weighted by Crippen LogP contribution is -2.34. The number of nitrogens with two attached hydrogens (primary N) is 2. The number of aryl methyl sites for hydroxylation is 1. The van der Waals surface area contributed by atoms with Crippen molar-refractivity contribution in [1.82, 2.24) is 19.7 Å². The van der Waals surface area contributed by atoms with Gasteiger partial charge in [0.25, 0.3) is 0 Å². The smallest absolute Gasteiger partial charge is 0.231 e. The minimum absolute atomic E-state index is 0.144. The van der Waals surface area contributed by atoms with Crippen LogP contribution in [0.2, 0.25) is 0 Å². The fraction of sp³-hybridized carbons (Fsp3) is 0.357. The Bertz CT molecular complexity index is 609. The molecule has 0 saturated carbocycles. The number of nitrogens with zero attached hydrogens (tertiary/aromatic N) is 4. The zero-order valence-corrected chi connectivity index (χ0v) is 12.1. The summed E-state index contributed by atoms with van der Waals surface area (Å²) in [5.41, 5.74) is 12.9. The molecule has 0 spiro atoms. The Balaban J connectivity index is 2.15. The number of anilines is 1. The summed E-state index contributed by atoms with van der Waals surface area (Å²) in [6.45, 7) is 3.89. The lowest BCUT2D eigenvalue weighted by atomic mass is 10.1. The molecule has 112 valence electrons. The van der Waals surface area contributed by atoms with E-state index < -0.39 is 0 Å². The van der Waals surface area contributed by atoms with Crippen LogP contribution in [0.3, 0.4) is 0 Å². The molecular weight excluding hydrogens is 268 g/mol. The highest BCUT2D eigenvalue weighted by atomic mass is 16.1. The minimum Gasteiger partial charge on any atom is -0.398 e. The number of amides is 1. The van der Waals surface area contributed by atoms with Gasteiger partial charge in [0.1, 0.15) is 12.2 Å². The van der Waals surface area contributed by atoms with Gasteiger partial charge in [-0.05, 0) is 18.6 Å². The number of carbonyl (C=O) groups is 1. The van der Waals surface area contributed by atoms with Crippen LogP contribution in [0.15, 0.2) is 30.6 Å². The highest BCUT2D eigenvalue weighted by Crippen LogP contribution is 2.14. The van der Waals surface area contributed by atoms with Crippen molar-refractivity contribution in [2.24, 2.45) is 5.73 Å². The zero-order valence-electron chi connectivity index (χ0n) is 12.1. The van der Waals surface area contributed by atoms with E-state index in [0.29, 0.717) is 18.8 Å². The predicted molar refractivity (Wildman–Crippen MR) is 79.9 cm³/mol. The standard InChI is InChI=1S/C14H20N6O/c1-2-20-14(17-10-18-20)9-19(8-13(16)21)7-11-5-3-4-6-12(11)15/h3-6,10H,2,7-9,15H2,1H3,(H2,16,21). The summed E-state index contributed by atoms with van der Waals surface area (Å²) < 4.78 is 1.79. The summed E-state index contributed by atoms with van der Waals surface area (Å²) in [4.78, 5) is 17.4. The first-order chi connectivity index (χ1) is 10.1. The second-order valence-electron chi connectivity index (χ2n) is 4.80. The molecule has 1 amide bonds. The lowest BCUT2D eigenvalue weighted by Gasteiger charge is -2.21. The molecule has 0 saturated heterocycles. The topological polar surface area (TPSA) is 103 Å². The Morgan fingerprint density at radius 1 is 1.33 bits per heavy atom. The molecule has 0 bridgehead atoms. The average Bonchev–Trinajstić information content (AvgIpc) is 2.88. The van der Waals surface area contributed by atoms with Crippen molar-refractivity contribution in [3.8, 4) is 0 Å². The summed E-state index contributed by atoms with van der Waals surface area (Å²) in [5.74, 6) is 0.417. The van der Waals surface area contributed by atoms with Crippen LogP contribution in [0.25, 0.3) is 0 Å². The molecule has 2 aromatic rings. The molecule has 1 aromatic carbocycles. The number of para-hydroxylation sites is 1. The monoisotopic (exact) mass is 288 g/mol. The third-order valence-electron chi connectivity index (χ3n) is 3.19. The molecule has 2 rings (SSSR count). The number of nitrogen functional groups attached to an aromatic ring is 1. The summed E-state index contributed by atoms with van der Waals surface area (Å²) >= 11 is 0. The molecule has 0 radical (unpaired) electrons. The number of rotatable bonds is 7. The number of carbonyl (C=O) groups excluding carboxylic acids is 1. The predicted octanol–water partition coefficient (Wildman–Crippen LogP) is 0.368. The van der Waals surface area contributed by atoms with Crippen molar-refractivity contribution in [1.29, 1.82) is 0 Å². The maximum atomic E-state index is 11.3. The van der Waals surface area contributed by atoms with Gasteiger partial charge < -0.3 is 11.5 Å². The van der Waals surface area contributed by atoms with Crippen molar-refractivity contribution in [3.63, 3.8) is 0 Å². The van der Waals surface area contributed by atoms with Gasteiger partial charge >= 0.3 is 0 Å². The molecule has 0 unspecified atom stereocenters. The van der Waals surface area contributed by atoms with Crippen LogP contribution in [-0.4, -0.2) is 32.1 Å². The average molecular weight is 288 g/mol. The van der Waals surface area contributed by atoms with Crippen molar-refractivity contribution >= 4 is 11.6 Å². The van der Waals surface area contributed by atoms with E-state index in [9.17, 15) is 4.79 Å². The Morgan fingerprint density at radius 3 is 2.76 bits per heavy atom. The van der Waals surface area contributed by atoms with Crippen molar-refractivity contribution in [2.45, 2.75) is 26.6 Å². The largest absolute Gasteiger partial charge is 0.398 e. The Labute approximate surface area is 123 Å². The van der Waals surface area contributed by atoms with Gasteiger partial charge in [-0.2, -0.15) is 5.10 Å². The molecule has 21 heavy (non-hydrogen) atoms. The molecule has 0 aliphatic heterocycles. The Kier molecular flexibility index (Phi) is 4.89. The van der Waals surface area contributed by atoms with Crippen LogP contribution in [0.5, 0.6) is 0 Å². The molecule has 1 aromatic heterocycles. The highest BCUT2D eigenvalue weighted by molar-refractivity contribution is 5.75. The van der Waals surface area contributed by atoms with Gasteiger partial charge in [-0.25, -0.2) is 9.67 Å². The summed E-state index contributed by atoms with van der Waals surface area (Å²) in [5, 5.41) is 4.13.